The number of halogens is 2. The van der Waals surface area contributed by atoms with Crippen LogP contribution in [0.2, 0.25) is 0 Å². The molecule has 0 radical (unpaired) electrons. The lowest BCUT2D eigenvalue weighted by Gasteiger charge is -2.29. The lowest BCUT2D eigenvalue weighted by molar-refractivity contribution is 0.00354. The number of hydrazine groups is 1. The van der Waals surface area contributed by atoms with Crippen molar-refractivity contribution < 1.29 is 9.13 Å². The van der Waals surface area contributed by atoms with Gasteiger partial charge < -0.3 is 4.74 Å². The second-order valence-corrected chi connectivity index (χ2v) is 5.83. The SMILES string of the molecule is CCOC(C(C)C)C(Cc1cc(F)cc(Br)c1)NN. The summed E-state index contributed by atoms with van der Waals surface area (Å²) >= 11 is 3.30. The van der Waals surface area contributed by atoms with E-state index in [9.17, 15) is 4.39 Å². The van der Waals surface area contributed by atoms with Gasteiger partial charge in [-0.15, -0.1) is 0 Å². The van der Waals surface area contributed by atoms with Crippen molar-refractivity contribution in [3.63, 3.8) is 0 Å². The largest absolute Gasteiger partial charge is 0.377 e. The molecular weight excluding hydrogens is 311 g/mol. The van der Waals surface area contributed by atoms with Crippen LogP contribution < -0.4 is 11.3 Å². The van der Waals surface area contributed by atoms with Gasteiger partial charge >= 0.3 is 0 Å². The molecule has 1 rings (SSSR count). The molecule has 0 aliphatic heterocycles. The van der Waals surface area contributed by atoms with Gasteiger partial charge in [0.15, 0.2) is 0 Å². The Kier molecular flexibility index (Phi) is 6.93. The Morgan fingerprint density at radius 3 is 2.53 bits per heavy atom. The Morgan fingerprint density at radius 2 is 2.05 bits per heavy atom. The molecule has 3 N–H and O–H groups in total. The molecule has 0 aromatic heterocycles. The molecule has 0 bridgehead atoms. The van der Waals surface area contributed by atoms with Crippen LogP contribution in [0.15, 0.2) is 22.7 Å². The zero-order chi connectivity index (χ0) is 14.4. The highest BCUT2D eigenvalue weighted by Crippen LogP contribution is 2.19. The number of benzene rings is 1. The molecule has 0 spiro atoms. The number of hydrogen-bond donors (Lipinski definition) is 2. The fourth-order valence-corrected chi connectivity index (χ4v) is 2.73. The standard InChI is InChI=1S/C14H22BrFN2O/c1-4-19-14(9(2)3)13(18-17)7-10-5-11(15)8-12(16)6-10/h5-6,8-9,13-14,18H,4,7,17H2,1-3H3. The van der Waals surface area contributed by atoms with E-state index in [1.54, 1.807) is 0 Å². The first-order valence-electron chi connectivity index (χ1n) is 6.50. The smallest absolute Gasteiger partial charge is 0.124 e. The van der Waals surface area contributed by atoms with Crippen LogP contribution in [0.4, 0.5) is 4.39 Å². The molecule has 0 amide bonds. The molecule has 0 heterocycles. The second-order valence-electron chi connectivity index (χ2n) is 4.92. The molecule has 0 fully saturated rings. The van der Waals surface area contributed by atoms with Gasteiger partial charge in [0.25, 0.3) is 0 Å². The Labute approximate surface area is 122 Å². The Bertz CT molecular complexity index is 381. The normalized spacial score (nSPS) is 14.7. The third-order valence-electron chi connectivity index (χ3n) is 3.00. The third kappa shape index (κ3) is 5.18. The number of ether oxygens (including phenoxy) is 1. The molecule has 2 atom stereocenters. The molecule has 0 saturated heterocycles. The van der Waals surface area contributed by atoms with E-state index in [1.165, 1.54) is 12.1 Å². The lowest BCUT2D eigenvalue weighted by atomic mass is 9.94. The van der Waals surface area contributed by atoms with E-state index in [-0.39, 0.29) is 18.0 Å². The molecule has 2 unspecified atom stereocenters. The maximum atomic E-state index is 13.4. The van der Waals surface area contributed by atoms with E-state index < -0.39 is 0 Å². The minimum atomic E-state index is -0.252. The van der Waals surface area contributed by atoms with Crippen molar-refractivity contribution in [2.45, 2.75) is 39.3 Å². The van der Waals surface area contributed by atoms with Crippen LogP contribution in [0.25, 0.3) is 0 Å². The van der Waals surface area contributed by atoms with Crippen molar-refractivity contribution in [3.05, 3.63) is 34.1 Å². The highest BCUT2D eigenvalue weighted by molar-refractivity contribution is 9.10. The van der Waals surface area contributed by atoms with Crippen LogP contribution in [0.1, 0.15) is 26.3 Å². The topological polar surface area (TPSA) is 47.3 Å². The predicted octanol–water partition coefficient (Wildman–Crippen LogP) is 3.02. The zero-order valence-electron chi connectivity index (χ0n) is 11.6. The van der Waals surface area contributed by atoms with Gasteiger partial charge in [-0.2, -0.15) is 0 Å². The predicted molar refractivity (Wildman–Crippen MR) is 79.2 cm³/mol. The average molecular weight is 333 g/mol. The van der Waals surface area contributed by atoms with Gasteiger partial charge in [0.05, 0.1) is 12.1 Å². The third-order valence-corrected chi connectivity index (χ3v) is 3.46. The van der Waals surface area contributed by atoms with Crippen molar-refractivity contribution in [1.82, 2.24) is 5.43 Å². The second kappa shape index (κ2) is 7.94. The number of nitrogens with two attached hydrogens (primary N) is 1. The number of hydrogen-bond acceptors (Lipinski definition) is 3. The van der Waals surface area contributed by atoms with Gasteiger partial charge in [0.2, 0.25) is 0 Å². The van der Waals surface area contributed by atoms with Gasteiger partial charge in [-0.05, 0) is 43.0 Å². The highest BCUT2D eigenvalue weighted by Gasteiger charge is 2.24. The fraction of sp³-hybridized carbons (Fsp3) is 0.571. The lowest BCUT2D eigenvalue weighted by Crippen LogP contribution is -2.48. The van der Waals surface area contributed by atoms with E-state index in [1.807, 2.05) is 13.0 Å². The van der Waals surface area contributed by atoms with E-state index in [0.717, 1.165) is 10.0 Å². The van der Waals surface area contributed by atoms with Crippen LogP contribution in [0.5, 0.6) is 0 Å². The number of rotatable bonds is 7. The van der Waals surface area contributed by atoms with Gasteiger partial charge in [-0.25, -0.2) is 4.39 Å². The first kappa shape index (κ1) is 16.6. The van der Waals surface area contributed by atoms with E-state index in [4.69, 9.17) is 10.6 Å². The van der Waals surface area contributed by atoms with Crippen LogP contribution in [-0.4, -0.2) is 18.8 Å². The van der Waals surface area contributed by atoms with Crippen molar-refractivity contribution in [2.24, 2.45) is 11.8 Å². The minimum absolute atomic E-state index is 0.00274. The minimum Gasteiger partial charge on any atom is -0.377 e. The summed E-state index contributed by atoms with van der Waals surface area (Å²) < 4.78 is 19.9. The van der Waals surface area contributed by atoms with Crippen molar-refractivity contribution >= 4 is 15.9 Å². The Balaban J connectivity index is 2.84. The summed E-state index contributed by atoms with van der Waals surface area (Å²) in [7, 11) is 0. The molecule has 0 aliphatic rings. The summed E-state index contributed by atoms with van der Waals surface area (Å²) in [6, 6.07) is 4.82. The number of nitrogens with one attached hydrogen (secondary N) is 1. The first-order valence-corrected chi connectivity index (χ1v) is 7.30. The molecule has 0 aliphatic carbocycles. The van der Waals surface area contributed by atoms with Crippen molar-refractivity contribution in [3.8, 4) is 0 Å². The molecule has 108 valence electrons. The molecule has 1 aromatic rings. The zero-order valence-corrected chi connectivity index (χ0v) is 13.2. The summed E-state index contributed by atoms with van der Waals surface area (Å²) in [5.74, 6) is 5.71. The van der Waals surface area contributed by atoms with E-state index in [0.29, 0.717) is 18.9 Å². The summed E-state index contributed by atoms with van der Waals surface area (Å²) in [5, 5.41) is 0. The molecular formula is C14H22BrFN2O. The van der Waals surface area contributed by atoms with Crippen LogP contribution in [-0.2, 0) is 11.2 Å². The summed E-state index contributed by atoms with van der Waals surface area (Å²) in [4.78, 5) is 0. The van der Waals surface area contributed by atoms with Crippen LogP contribution in [0, 0.1) is 11.7 Å². The maximum absolute atomic E-state index is 13.4. The average Bonchev–Trinajstić information content (AvgIpc) is 2.32. The monoisotopic (exact) mass is 332 g/mol. The van der Waals surface area contributed by atoms with Gasteiger partial charge in [0.1, 0.15) is 5.82 Å². The summed E-state index contributed by atoms with van der Waals surface area (Å²) in [6.07, 6.45) is 0.618. The van der Waals surface area contributed by atoms with Crippen molar-refractivity contribution in [2.75, 3.05) is 6.61 Å². The quantitative estimate of drug-likeness (QED) is 0.596. The fourth-order valence-electron chi connectivity index (χ4n) is 2.22. The molecule has 1 aromatic carbocycles. The summed E-state index contributed by atoms with van der Waals surface area (Å²) in [5.41, 5.74) is 3.68. The van der Waals surface area contributed by atoms with Crippen molar-refractivity contribution in [1.29, 1.82) is 0 Å². The molecule has 19 heavy (non-hydrogen) atoms. The first-order chi connectivity index (χ1) is 8.97. The van der Waals surface area contributed by atoms with E-state index >= 15 is 0 Å². The molecule has 5 heteroatoms. The van der Waals surface area contributed by atoms with Crippen LogP contribution >= 0.6 is 15.9 Å². The van der Waals surface area contributed by atoms with Gasteiger partial charge in [-0.3, -0.25) is 11.3 Å². The van der Waals surface area contributed by atoms with Crippen LogP contribution in [0.3, 0.4) is 0 Å². The molecule has 3 nitrogen and oxygen atoms in total. The Morgan fingerprint density at radius 1 is 1.37 bits per heavy atom. The highest BCUT2D eigenvalue weighted by atomic mass is 79.9. The maximum Gasteiger partial charge on any atom is 0.124 e. The van der Waals surface area contributed by atoms with Gasteiger partial charge in [0, 0.05) is 11.1 Å². The van der Waals surface area contributed by atoms with E-state index in [2.05, 4.69) is 35.2 Å². The van der Waals surface area contributed by atoms with Gasteiger partial charge in [-0.1, -0.05) is 29.8 Å². The summed E-state index contributed by atoms with van der Waals surface area (Å²) in [6.45, 7) is 6.77. The molecule has 0 saturated carbocycles. The Hall–Kier alpha value is -0.490.